The van der Waals surface area contributed by atoms with Crippen molar-refractivity contribution in [3.63, 3.8) is 0 Å². The Morgan fingerprint density at radius 3 is 3.00 bits per heavy atom. The van der Waals surface area contributed by atoms with E-state index in [9.17, 15) is 9.18 Å². The summed E-state index contributed by atoms with van der Waals surface area (Å²) in [7, 11) is 0. The van der Waals surface area contributed by atoms with Gasteiger partial charge < -0.3 is 9.26 Å². The van der Waals surface area contributed by atoms with Gasteiger partial charge in [-0.25, -0.2) is 4.39 Å². The lowest BCUT2D eigenvalue weighted by Gasteiger charge is -2.07. The molecule has 0 N–H and O–H groups in total. The minimum Gasteiger partial charge on any atom is -0.485 e. The van der Waals surface area contributed by atoms with Gasteiger partial charge in [-0.05, 0) is 25.1 Å². The Bertz CT molecular complexity index is 526. The molecule has 0 aliphatic carbocycles. The van der Waals surface area contributed by atoms with Crippen LogP contribution in [0.25, 0.3) is 0 Å². The van der Waals surface area contributed by atoms with E-state index in [4.69, 9.17) is 4.74 Å². The molecule has 0 atom stereocenters. The Morgan fingerprint density at radius 1 is 1.53 bits per heavy atom. The molecule has 88 valence electrons. The van der Waals surface area contributed by atoms with Crippen LogP contribution in [-0.4, -0.2) is 15.9 Å². The van der Waals surface area contributed by atoms with Crippen LogP contribution in [0.2, 0.25) is 0 Å². The molecule has 0 fully saturated rings. The van der Waals surface area contributed by atoms with Gasteiger partial charge in [0.2, 0.25) is 12.2 Å². The van der Waals surface area contributed by atoms with Gasteiger partial charge in [0.1, 0.15) is 11.6 Å². The van der Waals surface area contributed by atoms with E-state index in [0.29, 0.717) is 11.6 Å². The Balaban J connectivity index is 2.17. The van der Waals surface area contributed by atoms with Crippen molar-refractivity contribution >= 4 is 5.78 Å². The van der Waals surface area contributed by atoms with Crippen LogP contribution in [0.3, 0.4) is 0 Å². The van der Waals surface area contributed by atoms with E-state index in [1.807, 2.05) is 0 Å². The molecular weight excluding hydrogens is 227 g/mol. The molecule has 0 saturated carbocycles. The Morgan fingerprint density at radius 2 is 2.35 bits per heavy atom. The number of ether oxygens (including phenoxy) is 1. The van der Waals surface area contributed by atoms with E-state index < -0.39 is 5.82 Å². The SMILES string of the molecule is CC(=O)c1cc(F)ccc1OCc1ncon1. The van der Waals surface area contributed by atoms with Gasteiger partial charge in [-0.1, -0.05) is 5.16 Å². The third-order valence-electron chi connectivity index (χ3n) is 2.08. The van der Waals surface area contributed by atoms with Crippen molar-refractivity contribution < 1.29 is 18.4 Å². The number of rotatable bonds is 4. The van der Waals surface area contributed by atoms with E-state index in [1.54, 1.807) is 0 Å². The van der Waals surface area contributed by atoms with Crippen molar-refractivity contribution in [1.82, 2.24) is 10.1 Å². The monoisotopic (exact) mass is 236 g/mol. The molecule has 2 rings (SSSR count). The van der Waals surface area contributed by atoms with Gasteiger partial charge in [-0.2, -0.15) is 4.98 Å². The minimum atomic E-state index is -0.484. The van der Waals surface area contributed by atoms with Gasteiger partial charge in [-0.15, -0.1) is 0 Å². The summed E-state index contributed by atoms with van der Waals surface area (Å²) < 4.78 is 22.8. The first kappa shape index (κ1) is 11.3. The number of hydrogen-bond acceptors (Lipinski definition) is 5. The number of aromatic nitrogens is 2. The average Bonchev–Trinajstić information content (AvgIpc) is 2.80. The summed E-state index contributed by atoms with van der Waals surface area (Å²) in [6.45, 7) is 1.40. The molecule has 0 amide bonds. The Hall–Kier alpha value is -2.24. The highest BCUT2D eigenvalue weighted by atomic mass is 19.1. The summed E-state index contributed by atoms with van der Waals surface area (Å²) >= 11 is 0. The van der Waals surface area contributed by atoms with Crippen LogP contribution in [0.4, 0.5) is 4.39 Å². The predicted molar refractivity (Wildman–Crippen MR) is 55.0 cm³/mol. The van der Waals surface area contributed by atoms with Crippen molar-refractivity contribution in [3.05, 3.63) is 41.8 Å². The fourth-order valence-electron chi connectivity index (χ4n) is 1.30. The van der Waals surface area contributed by atoms with Crippen LogP contribution >= 0.6 is 0 Å². The number of carbonyl (C=O) groups is 1. The zero-order chi connectivity index (χ0) is 12.3. The summed E-state index contributed by atoms with van der Waals surface area (Å²) in [5.41, 5.74) is 0.188. The van der Waals surface area contributed by atoms with Gasteiger partial charge in [0.15, 0.2) is 12.4 Å². The quantitative estimate of drug-likeness (QED) is 0.759. The first-order chi connectivity index (χ1) is 8.16. The van der Waals surface area contributed by atoms with Gasteiger partial charge >= 0.3 is 0 Å². The third kappa shape index (κ3) is 2.66. The van der Waals surface area contributed by atoms with Crippen molar-refractivity contribution in [1.29, 1.82) is 0 Å². The molecule has 0 unspecified atom stereocenters. The molecule has 17 heavy (non-hydrogen) atoms. The van der Waals surface area contributed by atoms with E-state index in [-0.39, 0.29) is 18.0 Å². The molecule has 0 aliphatic rings. The van der Waals surface area contributed by atoms with E-state index in [0.717, 1.165) is 6.07 Å². The van der Waals surface area contributed by atoms with E-state index >= 15 is 0 Å². The van der Waals surface area contributed by atoms with Crippen molar-refractivity contribution in [3.8, 4) is 5.75 Å². The molecular formula is C11H9FN2O3. The van der Waals surface area contributed by atoms with Crippen molar-refractivity contribution in [2.75, 3.05) is 0 Å². The highest BCUT2D eigenvalue weighted by molar-refractivity contribution is 5.96. The smallest absolute Gasteiger partial charge is 0.213 e. The molecule has 1 heterocycles. The topological polar surface area (TPSA) is 65.2 Å². The largest absolute Gasteiger partial charge is 0.485 e. The molecule has 1 aromatic carbocycles. The number of carbonyl (C=O) groups excluding carboxylic acids is 1. The van der Waals surface area contributed by atoms with Crippen LogP contribution in [0.15, 0.2) is 29.1 Å². The summed E-state index contributed by atoms with van der Waals surface area (Å²) in [4.78, 5) is 15.0. The first-order valence-corrected chi connectivity index (χ1v) is 4.85. The second kappa shape index (κ2) is 4.73. The van der Waals surface area contributed by atoms with E-state index in [2.05, 4.69) is 14.7 Å². The Kier molecular flexibility index (Phi) is 3.13. The molecule has 0 saturated heterocycles. The third-order valence-corrected chi connectivity index (χ3v) is 2.08. The van der Waals surface area contributed by atoms with Crippen LogP contribution in [0, 0.1) is 5.82 Å². The normalized spacial score (nSPS) is 10.2. The number of hydrogen-bond donors (Lipinski definition) is 0. The average molecular weight is 236 g/mol. The second-order valence-electron chi connectivity index (χ2n) is 3.33. The maximum atomic E-state index is 13.0. The van der Waals surface area contributed by atoms with Gasteiger partial charge in [0, 0.05) is 0 Å². The number of ketones is 1. The highest BCUT2D eigenvalue weighted by Crippen LogP contribution is 2.21. The van der Waals surface area contributed by atoms with Gasteiger partial charge in [0.25, 0.3) is 0 Å². The standard InChI is InChI=1S/C11H9FN2O3/c1-7(15)9-4-8(12)2-3-10(9)16-5-11-13-6-17-14-11/h2-4,6H,5H2,1H3. The minimum absolute atomic E-state index is 0.0579. The first-order valence-electron chi connectivity index (χ1n) is 4.85. The molecule has 0 spiro atoms. The molecule has 2 aromatic rings. The lowest BCUT2D eigenvalue weighted by Crippen LogP contribution is -2.03. The van der Waals surface area contributed by atoms with Gasteiger partial charge in [0.05, 0.1) is 5.56 Å². The van der Waals surface area contributed by atoms with E-state index in [1.165, 1.54) is 25.5 Å². The van der Waals surface area contributed by atoms with Crippen LogP contribution in [0.1, 0.15) is 23.1 Å². The predicted octanol–water partition coefficient (Wildman–Crippen LogP) is 1.99. The van der Waals surface area contributed by atoms with Crippen LogP contribution in [-0.2, 0) is 6.61 Å². The summed E-state index contributed by atoms with van der Waals surface area (Å²) in [5.74, 6) is -0.109. The molecule has 6 heteroatoms. The fraction of sp³-hybridized carbons (Fsp3) is 0.182. The summed E-state index contributed by atoms with van der Waals surface area (Å²) in [6, 6.07) is 3.75. The highest BCUT2D eigenvalue weighted by Gasteiger charge is 2.10. The summed E-state index contributed by atoms with van der Waals surface area (Å²) in [5, 5.41) is 3.55. The second-order valence-corrected chi connectivity index (χ2v) is 3.33. The Labute approximate surface area is 96.2 Å². The number of nitrogens with zero attached hydrogens (tertiary/aromatic N) is 2. The van der Waals surface area contributed by atoms with Crippen LogP contribution < -0.4 is 4.74 Å². The molecule has 0 radical (unpaired) electrons. The number of halogens is 1. The van der Waals surface area contributed by atoms with Gasteiger partial charge in [-0.3, -0.25) is 4.79 Å². The summed E-state index contributed by atoms with van der Waals surface area (Å²) in [6.07, 6.45) is 1.18. The maximum absolute atomic E-state index is 13.0. The lowest BCUT2D eigenvalue weighted by atomic mass is 10.1. The van der Waals surface area contributed by atoms with Crippen molar-refractivity contribution in [2.45, 2.75) is 13.5 Å². The van der Waals surface area contributed by atoms with Crippen LogP contribution in [0.5, 0.6) is 5.75 Å². The molecule has 0 aliphatic heterocycles. The van der Waals surface area contributed by atoms with Crippen molar-refractivity contribution in [2.24, 2.45) is 0 Å². The number of Topliss-reactive ketones (excluding diaryl/α,β-unsaturated/α-hetero) is 1. The fourth-order valence-corrected chi connectivity index (χ4v) is 1.30. The number of benzene rings is 1. The molecule has 5 nitrogen and oxygen atoms in total. The lowest BCUT2D eigenvalue weighted by molar-refractivity contribution is 0.101. The molecule has 1 aromatic heterocycles. The zero-order valence-electron chi connectivity index (χ0n) is 9.01. The maximum Gasteiger partial charge on any atom is 0.213 e. The zero-order valence-corrected chi connectivity index (χ0v) is 9.01. The molecule has 0 bridgehead atoms.